The number of ether oxygens (including phenoxy) is 1. The van der Waals surface area contributed by atoms with Crippen molar-refractivity contribution < 1.29 is 24.5 Å². The number of carbonyl (C=O) groups excluding carboxylic acids is 2. The Morgan fingerprint density at radius 3 is 1.24 bits per heavy atom. The topological polar surface area (TPSA) is 95.9 Å². The van der Waals surface area contributed by atoms with Crippen molar-refractivity contribution in [2.45, 2.75) is 276 Å². The number of aliphatic hydroxyl groups is 2. The third-order valence-corrected chi connectivity index (χ3v) is 12.0. The second kappa shape index (κ2) is 52.2. The molecule has 0 saturated heterocycles. The molecule has 0 aromatic rings. The van der Waals surface area contributed by atoms with E-state index >= 15 is 0 Å². The average molecular weight is 882 g/mol. The summed E-state index contributed by atoms with van der Waals surface area (Å²) in [5, 5.41) is 23.0. The van der Waals surface area contributed by atoms with E-state index in [1.165, 1.54) is 148 Å². The second-order valence-corrected chi connectivity index (χ2v) is 18.2. The first-order chi connectivity index (χ1) is 31.0. The SMILES string of the molecule is CCCCC/C=C\C/C=C\CCCCCCCCCC(=O)OCCCCC/C=C\C/C=C\CCCCCCCCCC(=O)NC(CO)C(O)/C=C/CCCCCCCCCCCC. The summed E-state index contributed by atoms with van der Waals surface area (Å²) in [5.74, 6) is -0.112. The lowest BCUT2D eigenvalue weighted by molar-refractivity contribution is -0.143. The fraction of sp³-hybridized carbons (Fsp3) is 0.789. The molecule has 0 spiro atoms. The van der Waals surface area contributed by atoms with Gasteiger partial charge >= 0.3 is 5.97 Å². The standard InChI is InChI=1S/C57H103NO5/c1-3-5-7-9-11-13-15-17-18-20-24-27-31-35-39-43-47-51-57(62)63-52-48-44-40-36-32-28-25-22-19-21-23-26-30-34-38-42-46-50-56(61)58-54(53-59)55(60)49-45-41-37-33-29-16-14-12-10-8-6-4-2/h11,13,17-19,22,28,32,45,49,54-55,59-60H,3-10,12,14-16,20-21,23-27,29-31,33-44,46-48,50-53H2,1-2H3,(H,58,61)/b13-11-,18-17-,22-19-,32-28-,49-45+. The summed E-state index contributed by atoms with van der Waals surface area (Å²) in [6, 6.07) is -0.640. The van der Waals surface area contributed by atoms with Crippen LogP contribution in [0.2, 0.25) is 0 Å². The van der Waals surface area contributed by atoms with E-state index in [2.05, 4.69) is 67.8 Å². The minimum Gasteiger partial charge on any atom is -0.466 e. The molecule has 6 nitrogen and oxygen atoms in total. The molecule has 2 atom stereocenters. The molecule has 3 N–H and O–H groups in total. The van der Waals surface area contributed by atoms with Gasteiger partial charge in [0, 0.05) is 12.8 Å². The van der Waals surface area contributed by atoms with Crippen molar-refractivity contribution >= 4 is 11.9 Å². The van der Waals surface area contributed by atoms with Gasteiger partial charge in [-0.15, -0.1) is 0 Å². The van der Waals surface area contributed by atoms with Crippen LogP contribution in [-0.2, 0) is 14.3 Å². The molecule has 0 bridgehead atoms. The van der Waals surface area contributed by atoms with Gasteiger partial charge in [-0.3, -0.25) is 9.59 Å². The van der Waals surface area contributed by atoms with Gasteiger partial charge in [-0.2, -0.15) is 0 Å². The zero-order chi connectivity index (χ0) is 45.8. The second-order valence-electron chi connectivity index (χ2n) is 18.2. The van der Waals surface area contributed by atoms with Crippen LogP contribution in [0.25, 0.3) is 0 Å². The predicted octanol–water partition coefficient (Wildman–Crippen LogP) is 16.4. The number of hydrogen-bond donors (Lipinski definition) is 3. The van der Waals surface area contributed by atoms with Gasteiger partial charge in [0.2, 0.25) is 5.91 Å². The number of carbonyl (C=O) groups is 2. The summed E-state index contributed by atoms with van der Waals surface area (Å²) in [6.07, 6.45) is 66.6. The Kier molecular flexibility index (Phi) is 50.2. The highest BCUT2D eigenvalue weighted by molar-refractivity contribution is 5.76. The molecule has 0 aromatic heterocycles. The number of hydrogen-bond acceptors (Lipinski definition) is 5. The van der Waals surface area contributed by atoms with Crippen LogP contribution in [0, 0.1) is 0 Å². The third kappa shape index (κ3) is 48.8. The van der Waals surface area contributed by atoms with Crippen molar-refractivity contribution in [2.24, 2.45) is 0 Å². The molecular formula is C57H103NO5. The zero-order valence-corrected chi connectivity index (χ0v) is 41.5. The zero-order valence-electron chi connectivity index (χ0n) is 41.5. The van der Waals surface area contributed by atoms with Crippen LogP contribution in [0.15, 0.2) is 60.8 Å². The van der Waals surface area contributed by atoms with Crippen molar-refractivity contribution in [2.75, 3.05) is 13.2 Å². The predicted molar refractivity (Wildman–Crippen MR) is 273 cm³/mol. The highest BCUT2D eigenvalue weighted by atomic mass is 16.5. The smallest absolute Gasteiger partial charge is 0.305 e. The van der Waals surface area contributed by atoms with Crippen LogP contribution in [0.4, 0.5) is 0 Å². The van der Waals surface area contributed by atoms with Crippen molar-refractivity contribution in [1.29, 1.82) is 0 Å². The minimum atomic E-state index is -0.855. The van der Waals surface area contributed by atoms with Gasteiger partial charge in [-0.1, -0.05) is 209 Å². The molecule has 0 radical (unpaired) electrons. The highest BCUT2D eigenvalue weighted by Gasteiger charge is 2.18. The van der Waals surface area contributed by atoms with E-state index in [0.29, 0.717) is 19.4 Å². The molecule has 0 heterocycles. The minimum absolute atomic E-state index is 0.0253. The Morgan fingerprint density at radius 2 is 0.794 bits per heavy atom. The van der Waals surface area contributed by atoms with E-state index in [1.54, 1.807) is 6.08 Å². The molecule has 0 fully saturated rings. The van der Waals surface area contributed by atoms with Crippen molar-refractivity contribution in [3.05, 3.63) is 60.8 Å². The summed E-state index contributed by atoms with van der Waals surface area (Å²) in [5.41, 5.74) is 0. The quantitative estimate of drug-likeness (QED) is 0.0321. The van der Waals surface area contributed by atoms with E-state index in [0.717, 1.165) is 89.9 Å². The Labute approximate surface area is 390 Å². The fourth-order valence-corrected chi connectivity index (χ4v) is 7.81. The maximum absolute atomic E-state index is 12.4. The number of nitrogens with one attached hydrogen (secondary N) is 1. The Hall–Kier alpha value is -2.44. The largest absolute Gasteiger partial charge is 0.466 e. The molecular weight excluding hydrogens is 779 g/mol. The van der Waals surface area contributed by atoms with Crippen LogP contribution in [0.1, 0.15) is 264 Å². The van der Waals surface area contributed by atoms with Crippen LogP contribution in [-0.4, -0.2) is 47.4 Å². The first kappa shape index (κ1) is 60.6. The number of amides is 1. The highest BCUT2D eigenvalue weighted by Crippen LogP contribution is 2.14. The molecule has 0 aliphatic rings. The van der Waals surface area contributed by atoms with Gasteiger partial charge in [0.1, 0.15) is 0 Å². The summed E-state index contributed by atoms with van der Waals surface area (Å²) < 4.78 is 5.45. The van der Waals surface area contributed by atoms with E-state index in [9.17, 15) is 19.8 Å². The first-order valence-electron chi connectivity index (χ1n) is 27.1. The Morgan fingerprint density at radius 1 is 0.444 bits per heavy atom. The third-order valence-electron chi connectivity index (χ3n) is 12.0. The fourth-order valence-electron chi connectivity index (χ4n) is 7.81. The van der Waals surface area contributed by atoms with Gasteiger partial charge in [-0.05, 0) is 103 Å². The van der Waals surface area contributed by atoms with Gasteiger partial charge in [0.25, 0.3) is 0 Å². The van der Waals surface area contributed by atoms with Crippen LogP contribution < -0.4 is 5.32 Å². The molecule has 0 aliphatic carbocycles. The first-order valence-corrected chi connectivity index (χ1v) is 27.1. The molecule has 63 heavy (non-hydrogen) atoms. The Bertz CT molecular complexity index is 1110. The van der Waals surface area contributed by atoms with Crippen LogP contribution in [0.3, 0.4) is 0 Å². The molecule has 366 valence electrons. The number of rotatable bonds is 49. The molecule has 2 unspecified atom stereocenters. The van der Waals surface area contributed by atoms with Crippen LogP contribution in [0.5, 0.6) is 0 Å². The summed E-state index contributed by atoms with van der Waals surface area (Å²) in [4.78, 5) is 24.4. The van der Waals surface area contributed by atoms with Crippen LogP contribution >= 0.6 is 0 Å². The van der Waals surface area contributed by atoms with Gasteiger partial charge in [0.15, 0.2) is 0 Å². The monoisotopic (exact) mass is 882 g/mol. The lowest BCUT2D eigenvalue weighted by Gasteiger charge is -2.20. The molecule has 0 aromatic carbocycles. The molecule has 0 saturated carbocycles. The summed E-state index contributed by atoms with van der Waals surface area (Å²) in [6.45, 7) is 4.81. The number of esters is 1. The van der Waals surface area contributed by atoms with E-state index < -0.39 is 12.1 Å². The van der Waals surface area contributed by atoms with Crippen molar-refractivity contribution in [3.63, 3.8) is 0 Å². The van der Waals surface area contributed by atoms with E-state index in [1.807, 2.05) is 6.08 Å². The van der Waals surface area contributed by atoms with E-state index in [4.69, 9.17) is 4.74 Å². The Balaban J connectivity index is 3.53. The lowest BCUT2D eigenvalue weighted by atomic mass is 10.1. The van der Waals surface area contributed by atoms with Gasteiger partial charge < -0.3 is 20.3 Å². The van der Waals surface area contributed by atoms with Crippen molar-refractivity contribution in [3.8, 4) is 0 Å². The van der Waals surface area contributed by atoms with Gasteiger partial charge in [0.05, 0.1) is 25.4 Å². The molecule has 0 aliphatic heterocycles. The van der Waals surface area contributed by atoms with E-state index in [-0.39, 0.29) is 18.5 Å². The summed E-state index contributed by atoms with van der Waals surface area (Å²) in [7, 11) is 0. The van der Waals surface area contributed by atoms with Crippen molar-refractivity contribution in [1.82, 2.24) is 5.32 Å². The maximum Gasteiger partial charge on any atom is 0.305 e. The normalized spacial score (nSPS) is 13.1. The molecule has 0 rings (SSSR count). The maximum atomic E-state index is 12.4. The summed E-state index contributed by atoms with van der Waals surface area (Å²) >= 11 is 0. The average Bonchev–Trinajstić information content (AvgIpc) is 3.28. The van der Waals surface area contributed by atoms with Gasteiger partial charge in [-0.25, -0.2) is 0 Å². The molecule has 6 heteroatoms. The lowest BCUT2D eigenvalue weighted by Crippen LogP contribution is -2.45. The number of unbranched alkanes of at least 4 members (excludes halogenated alkanes) is 30. The number of aliphatic hydroxyl groups excluding tert-OH is 2. The number of allylic oxidation sites excluding steroid dienone is 9. The molecule has 1 amide bonds.